The molecule has 6 amide bonds. The molecule has 0 radical (unpaired) electrons. The van der Waals surface area contributed by atoms with E-state index in [1.165, 1.54) is 12.1 Å². The van der Waals surface area contributed by atoms with Crippen molar-refractivity contribution in [3.05, 3.63) is 39.9 Å². The number of halogens is 2. The van der Waals surface area contributed by atoms with Gasteiger partial charge in [0.25, 0.3) is 11.6 Å². The number of carbonyl (C=O) groups is 8. The lowest BCUT2D eigenvalue weighted by Crippen LogP contribution is -2.46. The van der Waals surface area contributed by atoms with E-state index in [1.807, 2.05) is 5.32 Å². The highest BCUT2D eigenvalue weighted by atomic mass is 35.5. The third-order valence-corrected chi connectivity index (χ3v) is 5.95. The Morgan fingerprint density at radius 1 is 0.745 bits per heavy atom. The van der Waals surface area contributed by atoms with E-state index in [-0.39, 0.29) is 11.3 Å². The first-order valence-corrected chi connectivity index (χ1v) is 14.2. The SMILES string of the molecule is O=C(O)CNC(=O)CNC(=O)CNC(=O)CNC(=O)CNC(=O)CCC(=O)OC[C@@H](NC(=O)C(Cl)Cl)[C@H](O)c1ccc([N+](=O)[O-])cc1. The minimum absolute atomic E-state index is 0.135. The molecule has 0 aromatic heterocycles. The molecule has 47 heavy (non-hydrogen) atoms. The van der Waals surface area contributed by atoms with Gasteiger partial charge in [-0.1, -0.05) is 23.2 Å². The number of nitrogens with one attached hydrogen (secondary N) is 6. The molecule has 1 aromatic carbocycles. The lowest BCUT2D eigenvalue weighted by Gasteiger charge is -2.24. The highest BCUT2D eigenvalue weighted by Gasteiger charge is 2.27. The Morgan fingerprint density at radius 3 is 1.62 bits per heavy atom. The van der Waals surface area contributed by atoms with E-state index < -0.39 is 121 Å². The maximum absolute atomic E-state index is 12.2. The van der Waals surface area contributed by atoms with Crippen molar-refractivity contribution in [1.82, 2.24) is 31.9 Å². The number of carboxylic acids is 1. The van der Waals surface area contributed by atoms with Gasteiger partial charge in [-0.3, -0.25) is 48.5 Å². The molecule has 0 saturated heterocycles. The molecule has 1 aromatic rings. The van der Waals surface area contributed by atoms with Crippen LogP contribution in [0.3, 0.4) is 0 Å². The fraction of sp³-hybridized carbons (Fsp3) is 0.440. The van der Waals surface area contributed by atoms with Crippen LogP contribution in [0.15, 0.2) is 24.3 Å². The lowest BCUT2D eigenvalue weighted by molar-refractivity contribution is -0.384. The first-order chi connectivity index (χ1) is 22.1. The number of aliphatic hydroxyl groups excluding tert-OH is 1. The number of nitro groups is 1. The van der Waals surface area contributed by atoms with Crippen molar-refractivity contribution in [2.75, 3.05) is 39.3 Å². The van der Waals surface area contributed by atoms with Gasteiger partial charge >= 0.3 is 11.9 Å². The molecular formula is C25H31Cl2N7O13. The van der Waals surface area contributed by atoms with Crippen LogP contribution >= 0.6 is 23.2 Å². The molecule has 0 fully saturated rings. The van der Waals surface area contributed by atoms with E-state index in [4.69, 9.17) is 33.0 Å². The predicted molar refractivity (Wildman–Crippen MR) is 158 cm³/mol. The normalized spacial score (nSPS) is 11.7. The van der Waals surface area contributed by atoms with Gasteiger partial charge in [0.05, 0.1) is 43.6 Å². The molecule has 1 rings (SSSR count). The number of ether oxygens (including phenoxy) is 1. The number of carbonyl (C=O) groups excluding carboxylic acids is 7. The topological polar surface area (TPSA) is 302 Å². The van der Waals surface area contributed by atoms with Gasteiger partial charge in [0.2, 0.25) is 29.5 Å². The molecule has 8 N–H and O–H groups in total. The zero-order valence-electron chi connectivity index (χ0n) is 24.3. The average Bonchev–Trinajstić information content (AvgIpc) is 3.03. The van der Waals surface area contributed by atoms with Crippen molar-refractivity contribution < 1.29 is 58.2 Å². The summed E-state index contributed by atoms with van der Waals surface area (Å²) in [5.74, 6) is -6.95. The van der Waals surface area contributed by atoms with Crippen LogP contribution in [0.2, 0.25) is 0 Å². The Balaban J connectivity index is 2.40. The number of aliphatic carboxylic acids is 1. The Kier molecular flexibility index (Phi) is 17.7. The zero-order chi connectivity index (χ0) is 35.5. The summed E-state index contributed by atoms with van der Waals surface area (Å²) in [7, 11) is 0. The molecule has 0 saturated carbocycles. The fourth-order valence-corrected chi connectivity index (χ4v) is 3.31. The lowest BCUT2D eigenvalue weighted by atomic mass is 10.0. The summed E-state index contributed by atoms with van der Waals surface area (Å²) < 4.78 is 5.04. The van der Waals surface area contributed by atoms with E-state index in [9.17, 15) is 53.6 Å². The Hall–Kier alpha value is -5.08. The number of aliphatic hydroxyl groups is 1. The van der Waals surface area contributed by atoms with Gasteiger partial charge in [-0.2, -0.15) is 0 Å². The van der Waals surface area contributed by atoms with Gasteiger partial charge in [-0.15, -0.1) is 0 Å². The van der Waals surface area contributed by atoms with E-state index in [0.29, 0.717) is 0 Å². The number of nitro benzene ring substituents is 1. The highest BCUT2D eigenvalue weighted by molar-refractivity contribution is 6.53. The number of benzene rings is 1. The van der Waals surface area contributed by atoms with E-state index >= 15 is 0 Å². The maximum atomic E-state index is 12.2. The fourth-order valence-electron chi connectivity index (χ4n) is 3.18. The first-order valence-electron chi connectivity index (χ1n) is 13.3. The van der Waals surface area contributed by atoms with Crippen molar-refractivity contribution in [2.24, 2.45) is 0 Å². The van der Waals surface area contributed by atoms with Gasteiger partial charge in [-0.05, 0) is 17.7 Å². The molecule has 258 valence electrons. The molecule has 0 bridgehead atoms. The number of alkyl halides is 2. The van der Waals surface area contributed by atoms with Gasteiger partial charge in [-0.25, -0.2) is 0 Å². The van der Waals surface area contributed by atoms with Gasteiger partial charge in [0.15, 0.2) is 4.84 Å². The first kappa shape index (κ1) is 39.9. The van der Waals surface area contributed by atoms with E-state index in [1.54, 1.807) is 0 Å². The number of amides is 6. The van der Waals surface area contributed by atoms with Crippen LogP contribution in [-0.4, -0.2) is 113 Å². The van der Waals surface area contributed by atoms with Crippen LogP contribution in [0.25, 0.3) is 0 Å². The second kappa shape index (κ2) is 20.9. The van der Waals surface area contributed by atoms with Crippen LogP contribution in [-0.2, 0) is 43.1 Å². The average molecular weight is 708 g/mol. The molecule has 0 aliphatic carbocycles. The molecular weight excluding hydrogens is 677 g/mol. The van der Waals surface area contributed by atoms with Crippen molar-refractivity contribution >= 4 is 76.3 Å². The zero-order valence-corrected chi connectivity index (χ0v) is 25.8. The van der Waals surface area contributed by atoms with Crippen LogP contribution < -0.4 is 31.9 Å². The van der Waals surface area contributed by atoms with Gasteiger partial charge < -0.3 is 46.9 Å². The molecule has 0 unspecified atom stereocenters. The van der Waals surface area contributed by atoms with Crippen molar-refractivity contribution in [3.8, 4) is 0 Å². The number of hydrogen-bond acceptors (Lipinski definition) is 12. The second-order valence-corrected chi connectivity index (χ2v) is 10.3. The monoisotopic (exact) mass is 707 g/mol. The summed E-state index contributed by atoms with van der Waals surface area (Å²) in [6.45, 7) is -3.43. The van der Waals surface area contributed by atoms with Crippen LogP contribution in [0.4, 0.5) is 5.69 Å². The van der Waals surface area contributed by atoms with Crippen molar-refractivity contribution in [1.29, 1.82) is 0 Å². The number of nitrogens with zero attached hydrogens (tertiary/aromatic N) is 1. The molecule has 22 heteroatoms. The molecule has 2 atom stereocenters. The van der Waals surface area contributed by atoms with Crippen LogP contribution in [0.1, 0.15) is 24.5 Å². The summed E-state index contributed by atoms with van der Waals surface area (Å²) in [6.07, 6.45) is -2.41. The molecule has 20 nitrogen and oxygen atoms in total. The summed E-state index contributed by atoms with van der Waals surface area (Å²) in [4.78, 5) is 102. The number of rotatable bonds is 20. The molecule has 0 spiro atoms. The third-order valence-electron chi connectivity index (χ3n) is 5.55. The van der Waals surface area contributed by atoms with Gasteiger partial charge in [0.1, 0.15) is 19.3 Å². The smallest absolute Gasteiger partial charge is 0.322 e. The van der Waals surface area contributed by atoms with Crippen molar-refractivity contribution in [3.63, 3.8) is 0 Å². The highest BCUT2D eigenvalue weighted by Crippen LogP contribution is 2.21. The number of carboxylic acid groups (broad SMARTS) is 1. The Morgan fingerprint density at radius 2 is 1.19 bits per heavy atom. The van der Waals surface area contributed by atoms with E-state index in [0.717, 1.165) is 12.1 Å². The summed E-state index contributed by atoms with van der Waals surface area (Å²) in [5.41, 5.74) is -0.119. The van der Waals surface area contributed by atoms with Crippen LogP contribution in [0.5, 0.6) is 0 Å². The quantitative estimate of drug-likeness (QED) is 0.0289. The number of hydrogen-bond donors (Lipinski definition) is 8. The van der Waals surface area contributed by atoms with E-state index in [2.05, 4.69) is 26.6 Å². The summed E-state index contributed by atoms with van der Waals surface area (Å²) >= 11 is 11.1. The standard InChI is InChI=1S/C25H31Cl2N7O13/c26-24(27)25(44)33-15(23(43)13-1-3-14(4-2-13)34(45)46)12-47-22(42)6-5-16(35)28-7-17(36)29-8-18(37)30-9-19(38)31-10-20(39)32-11-21(40)41/h1-4,15,23-24,43H,5-12H2,(H,28,35)(H,29,36)(H,30,37)(H,31,38)(H,32,39)(H,33,44)(H,40,41)/t15-,23-/m1/s1. The minimum Gasteiger partial charge on any atom is -0.480 e. The van der Waals surface area contributed by atoms with Crippen LogP contribution in [0, 0.1) is 10.1 Å². The Labute approximate surface area is 275 Å². The van der Waals surface area contributed by atoms with Crippen molar-refractivity contribution in [2.45, 2.75) is 29.8 Å². The predicted octanol–water partition coefficient (Wildman–Crippen LogP) is -3.09. The number of esters is 1. The third kappa shape index (κ3) is 17.3. The number of non-ortho nitro benzene ring substituents is 1. The minimum atomic E-state index is -1.53. The largest absolute Gasteiger partial charge is 0.480 e. The molecule has 0 heterocycles. The molecule has 0 aliphatic rings. The Bertz CT molecular complexity index is 1330. The summed E-state index contributed by atoms with van der Waals surface area (Å²) in [6, 6.07) is 3.41. The maximum Gasteiger partial charge on any atom is 0.322 e. The molecule has 0 aliphatic heterocycles. The summed E-state index contributed by atoms with van der Waals surface area (Å²) in [5, 5.41) is 43.0. The second-order valence-electron chi connectivity index (χ2n) is 9.17. The van der Waals surface area contributed by atoms with Gasteiger partial charge in [0, 0.05) is 18.6 Å².